The van der Waals surface area contributed by atoms with Crippen LogP contribution in [0.25, 0.3) is 11.3 Å². The van der Waals surface area contributed by atoms with Gasteiger partial charge in [0.2, 0.25) is 0 Å². The molecule has 5 nitrogen and oxygen atoms in total. The van der Waals surface area contributed by atoms with Gasteiger partial charge in [-0.25, -0.2) is 4.98 Å². The van der Waals surface area contributed by atoms with Crippen molar-refractivity contribution in [2.75, 3.05) is 18.0 Å². The molecule has 3 heterocycles. The number of nitrogens with zero attached hydrogens (tertiary/aromatic N) is 3. The Kier molecular flexibility index (Phi) is 5.03. The number of hydrogen-bond donors (Lipinski definition) is 2. The van der Waals surface area contributed by atoms with E-state index < -0.39 is 5.54 Å². The summed E-state index contributed by atoms with van der Waals surface area (Å²) in [5.41, 5.74) is 9.99. The van der Waals surface area contributed by atoms with Gasteiger partial charge >= 0.3 is 0 Å². The van der Waals surface area contributed by atoms with Crippen molar-refractivity contribution in [2.45, 2.75) is 18.4 Å². The second-order valence-electron chi connectivity index (χ2n) is 6.74. The summed E-state index contributed by atoms with van der Waals surface area (Å²) in [6, 6.07) is 9.45. The van der Waals surface area contributed by atoms with Crippen LogP contribution in [0.4, 0.5) is 5.69 Å². The van der Waals surface area contributed by atoms with E-state index in [0.29, 0.717) is 15.2 Å². The fourth-order valence-corrected chi connectivity index (χ4v) is 4.09. The fraction of sp³-hybridized carbons (Fsp3) is 0.263. The molecular formula is C19H18Cl3N5. The van der Waals surface area contributed by atoms with Crippen molar-refractivity contribution in [2.24, 2.45) is 5.73 Å². The van der Waals surface area contributed by atoms with E-state index in [1.807, 2.05) is 24.3 Å². The van der Waals surface area contributed by atoms with Gasteiger partial charge in [0, 0.05) is 42.3 Å². The molecule has 0 aliphatic carbocycles. The van der Waals surface area contributed by atoms with Crippen LogP contribution in [0.2, 0.25) is 15.2 Å². The van der Waals surface area contributed by atoms with E-state index in [2.05, 4.69) is 20.1 Å². The SMILES string of the molecule is NC1(c2ccc(Cl)nc2)CCN(c2ccc(Cl)c(Cl)c2-c2ccn[nH]2)CC1. The number of aromatic nitrogens is 3. The summed E-state index contributed by atoms with van der Waals surface area (Å²) >= 11 is 18.7. The second kappa shape index (κ2) is 7.32. The molecule has 4 rings (SSSR count). The molecule has 3 aromatic rings. The topological polar surface area (TPSA) is 70.8 Å². The van der Waals surface area contributed by atoms with E-state index in [-0.39, 0.29) is 0 Å². The summed E-state index contributed by atoms with van der Waals surface area (Å²) in [6.45, 7) is 1.58. The Balaban J connectivity index is 1.62. The lowest BCUT2D eigenvalue weighted by Crippen LogP contribution is -2.48. The molecule has 1 aliphatic rings. The highest BCUT2D eigenvalue weighted by atomic mass is 35.5. The molecular weight excluding hydrogens is 405 g/mol. The molecule has 1 fully saturated rings. The van der Waals surface area contributed by atoms with Gasteiger partial charge in [-0.2, -0.15) is 5.10 Å². The minimum Gasteiger partial charge on any atom is -0.371 e. The summed E-state index contributed by atoms with van der Waals surface area (Å²) in [5.74, 6) is 0. The molecule has 1 aromatic carbocycles. The van der Waals surface area contributed by atoms with Crippen molar-refractivity contribution in [1.82, 2.24) is 15.2 Å². The largest absolute Gasteiger partial charge is 0.371 e. The van der Waals surface area contributed by atoms with E-state index in [1.165, 1.54) is 0 Å². The van der Waals surface area contributed by atoms with Crippen molar-refractivity contribution in [3.05, 3.63) is 63.5 Å². The molecule has 0 spiro atoms. The number of rotatable bonds is 3. The monoisotopic (exact) mass is 421 g/mol. The van der Waals surface area contributed by atoms with Crippen LogP contribution in [0.5, 0.6) is 0 Å². The first-order valence-corrected chi connectivity index (χ1v) is 9.75. The molecule has 2 aromatic heterocycles. The maximum atomic E-state index is 6.68. The zero-order chi connectivity index (χ0) is 19.0. The van der Waals surface area contributed by atoms with E-state index in [9.17, 15) is 0 Å². The number of H-pyrrole nitrogens is 1. The van der Waals surface area contributed by atoms with Gasteiger partial charge in [-0.1, -0.05) is 40.9 Å². The van der Waals surface area contributed by atoms with Gasteiger partial charge in [-0.3, -0.25) is 5.10 Å². The van der Waals surface area contributed by atoms with E-state index in [1.54, 1.807) is 18.5 Å². The van der Waals surface area contributed by atoms with Crippen molar-refractivity contribution in [3.8, 4) is 11.3 Å². The maximum absolute atomic E-state index is 6.68. The normalized spacial score (nSPS) is 16.5. The van der Waals surface area contributed by atoms with Crippen molar-refractivity contribution >= 4 is 40.5 Å². The number of pyridine rings is 1. The first-order valence-electron chi connectivity index (χ1n) is 8.61. The van der Waals surface area contributed by atoms with Gasteiger partial charge in [0.1, 0.15) is 5.15 Å². The van der Waals surface area contributed by atoms with Crippen molar-refractivity contribution in [3.63, 3.8) is 0 Å². The Morgan fingerprint density at radius 1 is 1.04 bits per heavy atom. The summed E-state index contributed by atoms with van der Waals surface area (Å²) in [4.78, 5) is 6.46. The predicted octanol–water partition coefficient (Wildman–Crippen LogP) is 4.89. The molecule has 140 valence electrons. The zero-order valence-corrected chi connectivity index (χ0v) is 16.7. The smallest absolute Gasteiger partial charge is 0.129 e. The molecule has 0 saturated carbocycles. The number of hydrogen-bond acceptors (Lipinski definition) is 4. The average molecular weight is 423 g/mol. The van der Waals surface area contributed by atoms with Crippen LogP contribution in [0, 0.1) is 0 Å². The third kappa shape index (κ3) is 3.52. The van der Waals surface area contributed by atoms with Crippen molar-refractivity contribution < 1.29 is 0 Å². The van der Waals surface area contributed by atoms with Crippen LogP contribution in [-0.2, 0) is 5.54 Å². The Bertz CT molecular complexity index is 933. The first-order chi connectivity index (χ1) is 13.0. The molecule has 0 radical (unpaired) electrons. The number of anilines is 1. The van der Waals surface area contributed by atoms with Gasteiger partial charge in [0.05, 0.1) is 15.7 Å². The van der Waals surface area contributed by atoms with Crippen LogP contribution in [0.15, 0.2) is 42.7 Å². The minimum atomic E-state index is -0.418. The molecule has 0 amide bonds. The molecule has 1 saturated heterocycles. The van der Waals surface area contributed by atoms with Crippen molar-refractivity contribution in [1.29, 1.82) is 0 Å². The average Bonchev–Trinajstić information content (AvgIpc) is 3.19. The van der Waals surface area contributed by atoms with E-state index >= 15 is 0 Å². The standard InChI is InChI=1S/C19H18Cl3N5/c20-13-2-3-15(17(18(13)22)14-5-8-25-26-14)27-9-6-19(23,7-10-27)12-1-4-16(21)24-11-12/h1-5,8,11H,6-7,9-10,23H2,(H,25,26). The van der Waals surface area contributed by atoms with Crippen LogP contribution in [0.3, 0.4) is 0 Å². The number of halogens is 3. The maximum Gasteiger partial charge on any atom is 0.129 e. The third-order valence-corrected chi connectivity index (χ3v) is 6.17. The Labute approximate surface area is 172 Å². The molecule has 0 bridgehead atoms. The van der Waals surface area contributed by atoms with Gasteiger partial charge in [-0.15, -0.1) is 0 Å². The third-order valence-electron chi connectivity index (χ3n) is 5.14. The second-order valence-corrected chi connectivity index (χ2v) is 7.91. The molecule has 27 heavy (non-hydrogen) atoms. The molecule has 0 atom stereocenters. The summed E-state index contributed by atoms with van der Waals surface area (Å²) in [7, 11) is 0. The van der Waals surface area contributed by atoms with Gasteiger partial charge in [-0.05, 0) is 42.7 Å². The van der Waals surface area contributed by atoms with E-state index in [0.717, 1.165) is 48.4 Å². The highest BCUT2D eigenvalue weighted by Crippen LogP contribution is 2.42. The number of nitrogens with two attached hydrogens (primary N) is 1. The Morgan fingerprint density at radius 3 is 2.44 bits per heavy atom. The van der Waals surface area contributed by atoms with Gasteiger partial charge in [0.15, 0.2) is 0 Å². The Hall–Kier alpha value is -1.79. The van der Waals surface area contributed by atoms with Crippen LogP contribution < -0.4 is 10.6 Å². The molecule has 8 heteroatoms. The van der Waals surface area contributed by atoms with Gasteiger partial charge < -0.3 is 10.6 Å². The highest BCUT2D eigenvalue weighted by molar-refractivity contribution is 6.44. The number of piperidine rings is 1. The summed E-state index contributed by atoms with van der Waals surface area (Å²) in [5, 5.41) is 8.53. The lowest BCUT2D eigenvalue weighted by molar-refractivity contribution is 0.342. The zero-order valence-electron chi connectivity index (χ0n) is 14.4. The van der Waals surface area contributed by atoms with Crippen LogP contribution >= 0.6 is 34.8 Å². The summed E-state index contributed by atoms with van der Waals surface area (Å²) < 4.78 is 0. The lowest BCUT2D eigenvalue weighted by atomic mass is 9.82. The number of benzene rings is 1. The fourth-order valence-electron chi connectivity index (χ4n) is 3.56. The first kappa shape index (κ1) is 18.6. The minimum absolute atomic E-state index is 0.418. The lowest BCUT2D eigenvalue weighted by Gasteiger charge is -2.41. The van der Waals surface area contributed by atoms with Gasteiger partial charge in [0.25, 0.3) is 0 Å². The number of aromatic amines is 1. The molecule has 1 aliphatic heterocycles. The number of nitrogens with one attached hydrogen (secondary N) is 1. The van der Waals surface area contributed by atoms with Crippen LogP contribution in [0.1, 0.15) is 18.4 Å². The highest BCUT2D eigenvalue weighted by Gasteiger charge is 2.33. The van der Waals surface area contributed by atoms with E-state index in [4.69, 9.17) is 40.5 Å². The Morgan fingerprint density at radius 2 is 1.81 bits per heavy atom. The summed E-state index contributed by atoms with van der Waals surface area (Å²) in [6.07, 6.45) is 5.05. The quantitative estimate of drug-likeness (QED) is 0.590. The van der Waals surface area contributed by atoms with Crippen LogP contribution in [-0.4, -0.2) is 28.3 Å². The molecule has 3 N–H and O–H groups in total. The predicted molar refractivity (Wildman–Crippen MR) is 111 cm³/mol. The molecule has 0 unspecified atom stereocenters.